The fourth-order valence-electron chi connectivity index (χ4n) is 1.62. The summed E-state index contributed by atoms with van der Waals surface area (Å²) in [5.74, 6) is 5.03. The molecule has 4 heteroatoms. The number of rotatable bonds is 3. The maximum atomic E-state index is 9.20. The molecule has 72 valence electrons. The van der Waals surface area contributed by atoms with E-state index in [0.29, 0.717) is 6.61 Å². The summed E-state index contributed by atoms with van der Waals surface area (Å²) in [6, 6.07) is 0. The minimum Gasteiger partial charge on any atom is -0.396 e. The van der Waals surface area contributed by atoms with Gasteiger partial charge < -0.3 is 14.8 Å². The van der Waals surface area contributed by atoms with Gasteiger partial charge in [0.25, 0.3) is 0 Å². The first-order valence-corrected chi connectivity index (χ1v) is 4.33. The summed E-state index contributed by atoms with van der Waals surface area (Å²) < 4.78 is 0. The van der Waals surface area contributed by atoms with Gasteiger partial charge in [-0.2, -0.15) is 0 Å². The van der Waals surface area contributed by atoms with Gasteiger partial charge >= 0.3 is 0 Å². The van der Waals surface area contributed by atoms with Crippen molar-refractivity contribution in [1.82, 2.24) is 4.90 Å². The smallest absolute Gasteiger partial charge is 0.0758 e. The average Bonchev–Trinajstić information content (AvgIpc) is 2.10. The highest BCUT2D eigenvalue weighted by Crippen LogP contribution is 2.30. The van der Waals surface area contributed by atoms with Gasteiger partial charge in [0.1, 0.15) is 0 Å². The standard InChI is InChI=1S/C8H18N2O2/c1-10-4-2-8(6-11,3-5-10)7-12-9/h11H,2-7,9H2,1H3. The van der Waals surface area contributed by atoms with Crippen LogP contribution < -0.4 is 5.90 Å². The highest BCUT2D eigenvalue weighted by atomic mass is 16.6. The van der Waals surface area contributed by atoms with E-state index in [2.05, 4.69) is 16.8 Å². The molecule has 0 bridgehead atoms. The Labute approximate surface area is 73.2 Å². The average molecular weight is 174 g/mol. The van der Waals surface area contributed by atoms with Crippen LogP contribution in [0, 0.1) is 5.41 Å². The van der Waals surface area contributed by atoms with Crippen LogP contribution in [0.4, 0.5) is 0 Å². The van der Waals surface area contributed by atoms with Crippen molar-refractivity contribution < 1.29 is 9.94 Å². The number of nitrogens with two attached hydrogens (primary N) is 1. The second-order valence-electron chi connectivity index (χ2n) is 3.77. The molecule has 0 aromatic carbocycles. The summed E-state index contributed by atoms with van der Waals surface area (Å²) in [6.45, 7) is 2.68. The lowest BCUT2D eigenvalue weighted by Gasteiger charge is -2.38. The van der Waals surface area contributed by atoms with Crippen LogP contribution in [-0.2, 0) is 4.84 Å². The Morgan fingerprint density at radius 3 is 2.50 bits per heavy atom. The minimum absolute atomic E-state index is 0.0821. The van der Waals surface area contributed by atoms with Crippen molar-refractivity contribution in [2.24, 2.45) is 11.3 Å². The van der Waals surface area contributed by atoms with Gasteiger partial charge in [0, 0.05) is 5.41 Å². The van der Waals surface area contributed by atoms with Crippen molar-refractivity contribution in [3.8, 4) is 0 Å². The lowest BCUT2D eigenvalue weighted by Crippen LogP contribution is -2.43. The number of likely N-dealkylation sites (tertiary alicyclic amines) is 1. The lowest BCUT2D eigenvalue weighted by molar-refractivity contribution is -0.0297. The van der Waals surface area contributed by atoms with Crippen molar-refractivity contribution in [3.05, 3.63) is 0 Å². The van der Waals surface area contributed by atoms with Crippen molar-refractivity contribution >= 4 is 0 Å². The van der Waals surface area contributed by atoms with Gasteiger partial charge in [-0.05, 0) is 33.0 Å². The van der Waals surface area contributed by atoms with Crippen molar-refractivity contribution in [2.45, 2.75) is 12.8 Å². The summed E-state index contributed by atoms with van der Waals surface area (Å²) in [5.41, 5.74) is -0.0821. The third-order valence-electron chi connectivity index (χ3n) is 2.77. The van der Waals surface area contributed by atoms with Gasteiger partial charge in [0.05, 0.1) is 13.2 Å². The fraction of sp³-hybridized carbons (Fsp3) is 1.00. The Morgan fingerprint density at radius 2 is 2.08 bits per heavy atom. The summed E-state index contributed by atoms with van der Waals surface area (Å²) in [6.07, 6.45) is 1.94. The van der Waals surface area contributed by atoms with Crippen LogP contribution in [0.15, 0.2) is 0 Å². The molecule has 12 heavy (non-hydrogen) atoms. The van der Waals surface area contributed by atoms with E-state index in [1.165, 1.54) is 0 Å². The molecule has 4 nitrogen and oxygen atoms in total. The van der Waals surface area contributed by atoms with Crippen LogP contribution in [0.5, 0.6) is 0 Å². The van der Waals surface area contributed by atoms with Crippen LogP contribution in [0.3, 0.4) is 0 Å². The molecule has 0 aromatic heterocycles. The Balaban J connectivity index is 2.45. The summed E-state index contributed by atoms with van der Waals surface area (Å²) in [5, 5.41) is 9.20. The predicted molar refractivity (Wildman–Crippen MR) is 46.4 cm³/mol. The van der Waals surface area contributed by atoms with Crippen LogP contribution in [0.25, 0.3) is 0 Å². The monoisotopic (exact) mass is 174 g/mol. The lowest BCUT2D eigenvalue weighted by atomic mass is 9.80. The zero-order chi connectivity index (χ0) is 9.03. The zero-order valence-electron chi connectivity index (χ0n) is 7.62. The van der Waals surface area contributed by atoms with Gasteiger partial charge in [-0.3, -0.25) is 0 Å². The second kappa shape index (κ2) is 4.18. The van der Waals surface area contributed by atoms with Crippen LogP contribution in [0.2, 0.25) is 0 Å². The molecule has 0 amide bonds. The van der Waals surface area contributed by atoms with Gasteiger partial charge in [-0.15, -0.1) is 0 Å². The van der Waals surface area contributed by atoms with E-state index < -0.39 is 0 Å². The normalized spacial score (nSPS) is 24.2. The maximum absolute atomic E-state index is 9.20. The first kappa shape index (κ1) is 9.92. The maximum Gasteiger partial charge on any atom is 0.0758 e. The van der Waals surface area contributed by atoms with Gasteiger partial charge in [0.2, 0.25) is 0 Å². The molecule has 0 saturated carbocycles. The molecule has 0 spiro atoms. The Bertz CT molecular complexity index is 133. The largest absolute Gasteiger partial charge is 0.396 e. The van der Waals surface area contributed by atoms with Gasteiger partial charge in [0.15, 0.2) is 0 Å². The number of hydrogen-bond donors (Lipinski definition) is 2. The van der Waals surface area contributed by atoms with Crippen molar-refractivity contribution in [1.29, 1.82) is 0 Å². The van der Waals surface area contributed by atoms with E-state index in [0.717, 1.165) is 25.9 Å². The molecule has 3 N–H and O–H groups in total. The number of aliphatic hydroxyl groups excluding tert-OH is 1. The summed E-state index contributed by atoms with van der Waals surface area (Å²) >= 11 is 0. The van der Waals surface area contributed by atoms with E-state index in [1.54, 1.807) is 0 Å². The highest BCUT2D eigenvalue weighted by molar-refractivity contribution is 4.84. The molecular weight excluding hydrogens is 156 g/mol. The number of piperidine rings is 1. The van der Waals surface area contributed by atoms with Gasteiger partial charge in [-0.1, -0.05) is 0 Å². The van der Waals surface area contributed by atoms with E-state index >= 15 is 0 Å². The zero-order valence-corrected chi connectivity index (χ0v) is 7.62. The summed E-state index contributed by atoms with van der Waals surface area (Å²) in [4.78, 5) is 6.89. The minimum atomic E-state index is -0.0821. The number of hydrogen-bond acceptors (Lipinski definition) is 4. The van der Waals surface area contributed by atoms with Crippen LogP contribution in [-0.4, -0.2) is 43.4 Å². The topological polar surface area (TPSA) is 58.7 Å². The van der Waals surface area contributed by atoms with E-state index in [9.17, 15) is 5.11 Å². The summed E-state index contributed by atoms with van der Waals surface area (Å²) in [7, 11) is 2.09. The van der Waals surface area contributed by atoms with E-state index in [4.69, 9.17) is 5.90 Å². The molecule has 1 aliphatic heterocycles. The molecule has 0 atom stereocenters. The molecule has 0 aliphatic carbocycles. The van der Waals surface area contributed by atoms with E-state index in [-0.39, 0.29) is 12.0 Å². The molecule has 1 saturated heterocycles. The number of aliphatic hydroxyl groups is 1. The molecule has 1 aliphatic rings. The molecule has 0 radical (unpaired) electrons. The second-order valence-corrected chi connectivity index (χ2v) is 3.77. The predicted octanol–water partition coefficient (Wildman–Crippen LogP) is -0.419. The quantitative estimate of drug-likeness (QED) is 0.571. The van der Waals surface area contributed by atoms with Crippen molar-refractivity contribution in [2.75, 3.05) is 33.4 Å². The first-order valence-electron chi connectivity index (χ1n) is 4.33. The molecule has 1 heterocycles. The molecule has 0 unspecified atom stereocenters. The number of nitrogens with zero attached hydrogens (tertiary/aromatic N) is 1. The Kier molecular flexibility index (Phi) is 3.46. The third-order valence-corrected chi connectivity index (χ3v) is 2.77. The first-order chi connectivity index (χ1) is 5.72. The van der Waals surface area contributed by atoms with Crippen LogP contribution >= 0.6 is 0 Å². The van der Waals surface area contributed by atoms with Gasteiger partial charge in [-0.25, -0.2) is 5.90 Å². The molecule has 1 fully saturated rings. The van der Waals surface area contributed by atoms with E-state index in [1.807, 2.05) is 0 Å². The molecule has 0 aromatic rings. The SMILES string of the molecule is CN1CCC(CO)(CON)CC1. The highest BCUT2D eigenvalue weighted by Gasteiger charge is 2.33. The third kappa shape index (κ3) is 2.17. The fourth-order valence-corrected chi connectivity index (χ4v) is 1.62. The Hall–Kier alpha value is -0.160. The van der Waals surface area contributed by atoms with Crippen molar-refractivity contribution in [3.63, 3.8) is 0 Å². The van der Waals surface area contributed by atoms with Crippen LogP contribution in [0.1, 0.15) is 12.8 Å². The molecular formula is C8H18N2O2. The Morgan fingerprint density at radius 1 is 1.50 bits per heavy atom. The molecule has 1 rings (SSSR count).